The van der Waals surface area contributed by atoms with Gasteiger partial charge in [0.2, 0.25) is 0 Å². The maximum absolute atomic E-state index is 13.0. The van der Waals surface area contributed by atoms with E-state index in [4.69, 9.17) is 11.6 Å². The molecule has 31 heavy (non-hydrogen) atoms. The first kappa shape index (κ1) is 20.7. The fourth-order valence-electron chi connectivity index (χ4n) is 3.45. The third-order valence-corrected chi connectivity index (χ3v) is 5.37. The number of urea groups is 1. The minimum atomic E-state index is -0.513. The van der Waals surface area contributed by atoms with Crippen molar-refractivity contribution in [2.75, 3.05) is 0 Å². The fraction of sp³-hybridized carbons (Fsp3) is 0.174. The smallest absolute Gasteiger partial charge is 0.303 e. The summed E-state index contributed by atoms with van der Waals surface area (Å²) >= 11 is 6.05. The van der Waals surface area contributed by atoms with Crippen molar-refractivity contribution in [3.8, 4) is 5.69 Å². The maximum atomic E-state index is 13.0. The van der Waals surface area contributed by atoms with Crippen LogP contribution in [0.1, 0.15) is 29.3 Å². The number of nitrogens with zero attached hydrogens (tertiary/aromatic N) is 2. The monoisotopic (exact) mass is 436 g/mol. The summed E-state index contributed by atoms with van der Waals surface area (Å²) in [6.07, 6.45) is 1.98. The highest BCUT2D eigenvalue weighted by Gasteiger charge is 2.34. The van der Waals surface area contributed by atoms with Gasteiger partial charge in [-0.15, -0.1) is 0 Å². The minimum absolute atomic E-state index is 0.0705. The zero-order valence-electron chi connectivity index (χ0n) is 17.1. The summed E-state index contributed by atoms with van der Waals surface area (Å²) in [5.74, 6) is -0.470. The van der Waals surface area contributed by atoms with Crippen molar-refractivity contribution in [2.45, 2.75) is 26.8 Å². The third kappa shape index (κ3) is 4.04. The number of imide groups is 1. The van der Waals surface area contributed by atoms with E-state index in [0.717, 1.165) is 16.0 Å². The van der Waals surface area contributed by atoms with Gasteiger partial charge in [-0.1, -0.05) is 54.4 Å². The molecular formula is C23H21ClN4O3. The molecule has 4 rings (SSSR count). The highest BCUT2D eigenvalue weighted by molar-refractivity contribution is 6.30. The number of aromatic amines is 1. The van der Waals surface area contributed by atoms with Gasteiger partial charge in [0.25, 0.3) is 11.5 Å². The van der Waals surface area contributed by atoms with Crippen LogP contribution in [0, 0.1) is 6.92 Å². The highest BCUT2D eigenvalue weighted by atomic mass is 35.5. The van der Waals surface area contributed by atoms with Crippen molar-refractivity contribution in [1.29, 1.82) is 0 Å². The topological polar surface area (TPSA) is 87.2 Å². The minimum Gasteiger partial charge on any atom is -0.303 e. The van der Waals surface area contributed by atoms with Gasteiger partial charge in [-0.05, 0) is 43.2 Å². The van der Waals surface area contributed by atoms with Crippen molar-refractivity contribution in [3.05, 3.63) is 92.0 Å². The Morgan fingerprint density at radius 2 is 1.81 bits per heavy atom. The largest absolute Gasteiger partial charge is 0.329 e. The number of aromatic nitrogens is 2. The fourth-order valence-corrected chi connectivity index (χ4v) is 3.63. The molecule has 7 nitrogen and oxygen atoms in total. The molecule has 1 aliphatic rings. The van der Waals surface area contributed by atoms with E-state index in [-0.39, 0.29) is 17.8 Å². The van der Waals surface area contributed by atoms with Crippen molar-refractivity contribution in [2.24, 2.45) is 0 Å². The standard InChI is InChI=1S/C23H21ClN4O3/c1-3-19-18(21(29)28(26-19)17-6-4-5-16(24)11-17)12-20-22(30)27(23(31)25-20)13-15-9-7-14(2)8-10-15/h4-12,26H,3,13H2,1-2H3,(H,25,31)/b20-12-. The molecule has 1 aromatic heterocycles. The van der Waals surface area contributed by atoms with E-state index >= 15 is 0 Å². The number of hydrogen-bond acceptors (Lipinski definition) is 3. The number of carbonyl (C=O) groups is 2. The van der Waals surface area contributed by atoms with Crippen LogP contribution < -0.4 is 10.9 Å². The molecule has 0 atom stereocenters. The van der Waals surface area contributed by atoms with Crippen molar-refractivity contribution < 1.29 is 9.59 Å². The number of nitrogens with one attached hydrogen (secondary N) is 2. The van der Waals surface area contributed by atoms with Gasteiger partial charge >= 0.3 is 6.03 Å². The zero-order valence-corrected chi connectivity index (χ0v) is 17.9. The van der Waals surface area contributed by atoms with Crippen molar-refractivity contribution in [1.82, 2.24) is 20.0 Å². The number of aryl methyl sites for hydroxylation is 2. The summed E-state index contributed by atoms with van der Waals surface area (Å²) in [6, 6.07) is 14.0. The maximum Gasteiger partial charge on any atom is 0.329 e. The summed E-state index contributed by atoms with van der Waals surface area (Å²) in [7, 11) is 0. The van der Waals surface area contributed by atoms with E-state index in [0.29, 0.717) is 28.4 Å². The number of H-pyrrole nitrogens is 1. The lowest BCUT2D eigenvalue weighted by atomic mass is 10.1. The molecule has 0 spiro atoms. The van der Waals surface area contributed by atoms with E-state index in [1.807, 2.05) is 38.1 Å². The Balaban J connectivity index is 1.67. The van der Waals surface area contributed by atoms with E-state index in [1.165, 1.54) is 10.8 Å². The van der Waals surface area contributed by atoms with Crippen LogP contribution in [-0.4, -0.2) is 26.6 Å². The predicted molar refractivity (Wildman–Crippen MR) is 119 cm³/mol. The molecule has 0 bridgehead atoms. The number of rotatable bonds is 5. The van der Waals surface area contributed by atoms with E-state index in [1.54, 1.807) is 24.3 Å². The first-order valence-electron chi connectivity index (χ1n) is 9.87. The number of hydrogen-bond donors (Lipinski definition) is 2. The van der Waals surface area contributed by atoms with Gasteiger partial charge < -0.3 is 5.32 Å². The first-order valence-corrected chi connectivity index (χ1v) is 10.2. The molecule has 158 valence electrons. The Labute approximate surface area is 183 Å². The Hall–Kier alpha value is -3.58. The molecule has 1 fully saturated rings. The Morgan fingerprint density at radius 3 is 2.48 bits per heavy atom. The molecule has 2 aromatic carbocycles. The molecular weight excluding hydrogens is 416 g/mol. The van der Waals surface area contributed by atoms with Gasteiger partial charge in [0.1, 0.15) is 5.70 Å². The molecule has 1 saturated heterocycles. The molecule has 0 saturated carbocycles. The lowest BCUT2D eigenvalue weighted by Gasteiger charge is -2.11. The summed E-state index contributed by atoms with van der Waals surface area (Å²) in [6.45, 7) is 4.02. The second-order valence-electron chi connectivity index (χ2n) is 7.34. The number of amides is 3. The highest BCUT2D eigenvalue weighted by Crippen LogP contribution is 2.19. The lowest BCUT2D eigenvalue weighted by molar-refractivity contribution is -0.123. The molecule has 0 radical (unpaired) electrons. The third-order valence-electron chi connectivity index (χ3n) is 5.14. The van der Waals surface area contributed by atoms with Crippen LogP contribution in [0.2, 0.25) is 5.02 Å². The van der Waals surface area contributed by atoms with Crippen molar-refractivity contribution >= 4 is 29.6 Å². The Kier molecular flexibility index (Phi) is 5.52. The second-order valence-corrected chi connectivity index (χ2v) is 7.78. The molecule has 3 aromatic rings. The quantitative estimate of drug-likeness (QED) is 0.471. The Bertz CT molecular complexity index is 1250. The predicted octanol–water partition coefficient (Wildman–Crippen LogP) is 3.78. The second kappa shape index (κ2) is 8.28. The van der Waals surface area contributed by atoms with Gasteiger partial charge in [0.05, 0.1) is 17.8 Å². The molecule has 2 N–H and O–H groups in total. The molecule has 0 aliphatic carbocycles. The van der Waals surface area contributed by atoms with Crippen LogP contribution in [0.15, 0.2) is 59.0 Å². The average molecular weight is 437 g/mol. The van der Waals surface area contributed by atoms with Gasteiger partial charge in [0, 0.05) is 10.7 Å². The van der Waals surface area contributed by atoms with E-state index in [9.17, 15) is 14.4 Å². The van der Waals surface area contributed by atoms with Crippen LogP contribution in [0.4, 0.5) is 4.79 Å². The number of carbonyl (C=O) groups excluding carboxylic acids is 2. The molecule has 0 unspecified atom stereocenters. The normalized spacial score (nSPS) is 15.1. The van der Waals surface area contributed by atoms with Crippen LogP contribution in [-0.2, 0) is 17.8 Å². The molecule has 2 heterocycles. The van der Waals surface area contributed by atoms with Gasteiger partial charge in [-0.2, -0.15) is 0 Å². The van der Waals surface area contributed by atoms with Crippen LogP contribution in [0.25, 0.3) is 11.8 Å². The molecule has 8 heteroatoms. The average Bonchev–Trinajstić information content (AvgIpc) is 3.21. The van der Waals surface area contributed by atoms with E-state index in [2.05, 4.69) is 10.4 Å². The zero-order chi connectivity index (χ0) is 22.1. The number of halogens is 1. The van der Waals surface area contributed by atoms with Crippen LogP contribution in [0.5, 0.6) is 0 Å². The molecule has 3 amide bonds. The lowest BCUT2D eigenvalue weighted by Crippen LogP contribution is -2.30. The number of benzene rings is 2. The first-order chi connectivity index (χ1) is 14.9. The summed E-state index contributed by atoms with van der Waals surface area (Å²) < 4.78 is 1.38. The summed E-state index contributed by atoms with van der Waals surface area (Å²) in [5.41, 5.74) is 3.23. The van der Waals surface area contributed by atoms with Gasteiger partial charge in [-0.25, -0.2) is 9.48 Å². The summed E-state index contributed by atoms with van der Waals surface area (Å²) in [4.78, 5) is 39.4. The van der Waals surface area contributed by atoms with Crippen LogP contribution in [0.3, 0.4) is 0 Å². The van der Waals surface area contributed by atoms with Crippen molar-refractivity contribution in [3.63, 3.8) is 0 Å². The summed E-state index contributed by atoms with van der Waals surface area (Å²) in [5, 5.41) is 6.15. The Morgan fingerprint density at radius 1 is 1.06 bits per heavy atom. The van der Waals surface area contributed by atoms with E-state index < -0.39 is 11.9 Å². The van der Waals surface area contributed by atoms with Gasteiger partial charge in [0.15, 0.2) is 0 Å². The van der Waals surface area contributed by atoms with Gasteiger partial charge in [-0.3, -0.25) is 19.6 Å². The van der Waals surface area contributed by atoms with Crippen LogP contribution >= 0.6 is 11.6 Å². The SMILES string of the molecule is CCc1[nH]n(-c2cccc(Cl)c2)c(=O)c1/C=C1\NC(=O)N(Cc2ccc(C)cc2)C1=O. The molecule has 1 aliphatic heterocycles.